The van der Waals surface area contributed by atoms with Crippen LogP contribution in [0.5, 0.6) is 0 Å². The molecule has 1 spiro atoms. The topological polar surface area (TPSA) is 55.8 Å². The second kappa shape index (κ2) is 6.01. The number of carbonyl (C=O) groups excluding carboxylic acids is 2. The molecule has 3 aliphatic heterocycles. The van der Waals surface area contributed by atoms with E-state index in [1.54, 1.807) is 11.3 Å². The molecule has 0 saturated carbocycles. The Hall–Kier alpha value is -1.66. The van der Waals surface area contributed by atoms with Crippen molar-refractivity contribution in [3.05, 3.63) is 34.5 Å². The lowest BCUT2D eigenvalue weighted by molar-refractivity contribution is -0.154. The van der Waals surface area contributed by atoms with Gasteiger partial charge in [-0.25, -0.2) is 0 Å². The summed E-state index contributed by atoms with van der Waals surface area (Å²) in [5.41, 5.74) is -0.645. The van der Waals surface area contributed by atoms with E-state index in [2.05, 4.69) is 6.92 Å². The Balaban J connectivity index is 1.52. The lowest BCUT2D eigenvalue weighted by Crippen LogP contribution is -2.40. The number of fused-ring (bicyclic) bond motifs is 1. The van der Waals surface area contributed by atoms with Gasteiger partial charge in [-0.05, 0) is 17.9 Å². The molecular formula is C18H21NO4S. The van der Waals surface area contributed by atoms with Crippen LogP contribution in [-0.4, -0.2) is 41.6 Å². The van der Waals surface area contributed by atoms with Gasteiger partial charge in [-0.3, -0.25) is 9.59 Å². The number of thiophene rings is 1. The van der Waals surface area contributed by atoms with Crippen molar-refractivity contribution in [2.75, 3.05) is 13.2 Å². The third-order valence-corrected chi connectivity index (χ3v) is 5.98. The van der Waals surface area contributed by atoms with E-state index >= 15 is 0 Å². The van der Waals surface area contributed by atoms with Crippen LogP contribution in [0.3, 0.4) is 0 Å². The minimum absolute atomic E-state index is 0.00712. The number of likely N-dealkylation sites (tertiary alicyclic amines) is 1. The minimum atomic E-state index is -0.645. The van der Waals surface area contributed by atoms with E-state index in [9.17, 15) is 9.59 Å². The smallest absolute Gasteiger partial charge is 0.312 e. The molecule has 4 heterocycles. The molecule has 4 rings (SSSR count). The van der Waals surface area contributed by atoms with E-state index in [1.165, 1.54) is 0 Å². The van der Waals surface area contributed by atoms with Crippen molar-refractivity contribution in [2.45, 2.75) is 38.0 Å². The highest BCUT2D eigenvalue weighted by molar-refractivity contribution is 7.09. The number of hydrogen-bond donors (Lipinski definition) is 0. The lowest BCUT2D eigenvalue weighted by atomic mass is 9.77. The van der Waals surface area contributed by atoms with Crippen molar-refractivity contribution in [1.82, 2.24) is 4.90 Å². The maximum absolute atomic E-state index is 13.0. The first kappa shape index (κ1) is 15.8. The first-order chi connectivity index (χ1) is 11.6. The molecule has 1 amide bonds. The summed E-state index contributed by atoms with van der Waals surface area (Å²) in [4.78, 5) is 28.4. The van der Waals surface area contributed by atoms with Gasteiger partial charge in [0, 0.05) is 4.88 Å². The summed E-state index contributed by atoms with van der Waals surface area (Å²) >= 11 is 1.63. The summed E-state index contributed by atoms with van der Waals surface area (Å²) in [5.74, 6) is -1.24. The molecule has 2 saturated heterocycles. The van der Waals surface area contributed by atoms with Crippen LogP contribution in [0, 0.1) is 11.8 Å². The molecule has 0 radical (unpaired) electrons. The number of ether oxygens (including phenoxy) is 2. The quantitative estimate of drug-likeness (QED) is 0.450. The number of rotatable bonds is 6. The fraction of sp³-hybridized carbons (Fsp3) is 0.556. The van der Waals surface area contributed by atoms with Crippen LogP contribution < -0.4 is 0 Å². The second-order valence-electron chi connectivity index (χ2n) is 6.69. The normalized spacial score (nSPS) is 33.3. The van der Waals surface area contributed by atoms with Crippen molar-refractivity contribution in [2.24, 2.45) is 11.8 Å². The average molecular weight is 347 g/mol. The minimum Gasteiger partial charge on any atom is -0.465 e. The van der Waals surface area contributed by atoms with E-state index in [1.807, 2.05) is 34.6 Å². The predicted octanol–water partition coefficient (Wildman–Crippen LogP) is 2.37. The molecular weight excluding hydrogens is 326 g/mol. The van der Waals surface area contributed by atoms with Crippen molar-refractivity contribution < 1.29 is 19.1 Å². The summed E-state index contributed by atoms with van der Waals surface area (Å²) in [6.45, 7) is 3.55. The SMILES string of the molecule is CCCCOC(=O)[C@@H]1[C@H]2C(=O)N(Cc3cccs3)C[C@]23C=C[C@H]1O3. The zero-order valence-corrected chi connectivity index (χ0v) is 14.5. The molecule has 1 aromatic rings. The van der Waals surface area contributed by atoms with E-state index in [0.29, 0.717) is 19.7 Å². The molecule has 3 aliphatic rings. The van der Waals surface area contributed by atoms with Crippen LogP contribution >= 0.6 is 11.3 Å². The van der Waals surface area contributed by atoms with Gasteiger partial charge in [0.1, 0.15) is 11.5 Å². The van der Waals surface area contributed by atoms with Crippen molar-refractivity contribution >= 4 is 23.2 Å². The Morgan fingerprint density at radius 3 is 3.17 bits per heavy atom. The molecule has 128 valence electrons. The first-order valence-electron chi connectivity index (χ1n) is 8.49. The summed E-state index contributed by atoms with van der Waals surface area (Å²) in [6, 6.07) is 4.00. The molecule has 6 heteroatoms. The summed E-state index contributed by atoms with van der Waals surface area (Å²) in [6.07, 6.45) is 5.39. The molecule has 0 aromatic carbocycles. The van der Waals surface area contributed by atoms with Crippen molar-refractivity contribution in [3.8, 4) is 0 Å². The summed E-state index contributed by atoms with van der Waals surface area (Å²) < 4.78 is 11.5. The van der Waals surface area contributed by atoms with Gasteiger partial charge in [-0.2, -0.15) is 0 Å². The molecule has 1 aromatic heterocycles. The highest BCUT2D eigenvalue weighted by atomic mass is 32.1. The van der Waals surface area contributed by atoms with E-state index in [4.69, 9.17) is 9.47 Å². The maximum atomic E-state index is 13.0. The fourth-order valence-corrected chi connectivity index (χ4v) is 4.70. The lowest BCUT2D eigenvalue weighted by Gasteiger charge is -2.22. The standard InChI is InChI=1S/C18H21NO4S/c1-2-3-8-22-17(21)14-13-6-7-18(23-13)11-19(16(20)15(14)18)10-12-5-4-9-24-12/h4-7,9,13-15H,2-3,8,10-11H2,1H3/t13-,14+,15+,18-/m1/s1. The molecule has 5 nitrogen and oxygen atoms in total. The molecule has 4 atom stereocenters. The molecule has 2 bridgehead atoms. The van der Waals surface area contributed by atoms with Gasteiger partial charge in [0.05, 0.1) is 31.7 Å². The van der Waals surface area contributed by atoms with Crippen LogP contribution in [0.4, 0.5) is 0 Å². The Bertz CT molecular complexity index is 671. The highest BCUT2D eigenvalue weighted by Gasteiger charge is 2.67. The molecule has 0 N–H and O–H groups in total. The summed E-state index contributed by atoms with van der Waals surface area (Å²) in [5, 5.41) is 2.00. The zero-order valence-electron chi connectivity index (χ0n) is 13.6. The predicted molar refractivity (Wildman–Crippen MR) is 89.3 cm³/mol. The van der Waals surface area contributed by atoms with Gasteiger partial charge in [0.2, 0.25) is 5.91 Å². The van der Waals surface area contributed by atoms with Gasteiger partial charge in [0.25, 0.3) is 0 Å². The largest absolute Gasteiger partial charge is 0.465 e. The number of carbonyl (C=O) groups is 2. The molecule has 24 heavy (non-hydrogen) atoms. The number of unbranched alkanes of at least 4 members (excludes halogenated alkanes) is 1. The number of esters is 1. The Labute approximate surface area is 145 Å². The molecule has 0 unspecified atom stereocenters. The average Bonchev–Trinajstić information content (AvgIpc) is 3.31. The van der Waals surface area contributed by atoms with Gasteiger partial charge in [-0.1, -0.05) is 31.6 Å². The van der Waals surface area contributed by atoms with E-state index in [-0.39, 0.29) is 18.0 Å². The fourth-order valence-electron chi connectivity index (χ4n) is 3.99. The maximum Gasteiger partial charge on any atom is 0.312 e. The van der Waals surface area contributed by atoms with Crippen LogP contribution in [0.25, 0.3) is 0 Å². The van der Waals surface area contributed by atoms with E-state index < -0.39 is 17.4 Å². The van der Waals surface area contributed by atoms with Crippen LogP contribution in [0.15, 0.2) is 29.7 Å². The number of hydrogen-bond acceptors (Lipinski definition) is 5. The molecule has 0 aliphatic carbocycles. The third-order valence-electron chi connectivity index (χ3n) is 5.12. The monoisotopic (exact) mass is 347 g/mol. The number of nitrogens with zero attached hydrogens (tertiary/aromatic N) is 1. The first-order valence-corrected chi connectivity index (χ1v) is 9.37. The van der Waals surface area contributed by atoms with Crippen LogP contribution in [0.1, 0.15) is 24.6 Å². The van der Waals surface area contributed by atoms with Gasteiger partial charge in [-0.15, -0.1) is 11.3 Å². The Morgan fingerprint density at radius 1 is 1.54 bits per heavy atom. The number of amides is 1. The van der Waals surface area contributed by atoms with Crippen molar-refractivity contribution in [3.63, 3.8) is 0 Å². The summed E-state index contributed by atoms with van der Waals surface area (Å²) in [7, 11) is 0. The zero-order chi connectivity index (χ0) is 16.7. The Morgan fingerprint density at radius 2 is 2.42 bits per heavy atom. The van der Waals surface area contributed by atoms with Gasteiger partial charge in [0.15, 0.2) is 0 Å². The third kappa shape index (κ3) is 2.40. The van der Waals surface area contributed by atoms with E-state index in [0.717, 1.165) is 17.7 Å². The van der Waals surface area contributed by atoms with Crippen LogP contribution in [0.2, 0.25) is 0 Å². The van der Waals surface area contributed by atoms with Crippen LogP contribution in [-0.2, 0) is 25.6 Å². The van der Waals surface area contributed by atoms with Gasteiger partial charge < -0.3 is 14.4 Å². The van der Waals surface area contributed by atoms with Crippen molar-refractivity contribution in [1.29, 1.82) is 0 Å². The Kier molecular flexibility index (Phi) is 3.96. The van der Waals surface area contributed by atoms with Gasteiger partial charge >= 0.3 is 5.97 Å². The molecule has 2 fully saturated rings. The highest BCUT2D eigenvalue weighted by Crippen LogP contribution is 2.52. The second-order valence-corrected chi connectivity index (χ2v) is 7.73.